The van der Waals surface area contributed by atoms with Gasteiger partial charge in [0.15, 0.2) is 6.10 Å². The van der Waals surface area contributed by atoms with Crippen LogP contribution in [0, 0.1) is 0 Å². The molecule has 0 aliphatic carbocycles. The largest absolute Gasteiger partial charge is 0.462 e. The van der Waals surface area contributed by atoms with E-state index in [0.717, 1.165) is 64.2 Å². The van der Waals surface area contributed by atoms with Gasteiger partial charge in [-0.05, 0) is 44.9 Å². The molecule has 1 unspecified atom stereocenters. The fraction of sp³-hybridized carbons (Fsp3) is 0.875. The first-order chi connectivity index (χ1) is 22.5. The maximum atomic E-state index is 12.4. The fourth-order valence-corrected chi connectivity index (χ4v) is 5.49. The summed E-state index contributed by atoms with van der Waals surface area (Å²) in [5, 5.41) is 0. The van der Waals surface area contributed by atoms with E-state index in [9.17, 15) is 14.4 Å². The van der Waals surface area contributed by atoms with Crippen LogP contribution in [-0.2, 0) is 28.6 Å². The molecule has 0 heterocycles. The van der Waals surface area contributed by atoms with E-state index in [0.29, 0.717) is 19.3 Å². The molecule has 0 aromatic rings. The Hall–Kier alpha value is -1.85. The number of hydrogen-bond donors (Lipinski definition) is 0. The van der Waals surface area contributed by atoms with Crippen LogP contribution in [-0.4, -0.2) is 37.2 Å². The first-order valence-corrected chi connectivity index (χ1v) is 19.7. The van der Waals surface area contributed by atoms with Crippen LogP contribution in [0.2, 0.25) is 0 Å². The van der Waals surface area contributed by atoms with Crippen molar-refractivity contribution >= 4 is 17.9 Å². The number of allylic oxidation sites excluding steroid dienone is 2. The van der Waals surface area contributed by atoms with Crippen molar-refractivity contribution in [1.82, 2.24) is 0 Å². The highest BCUT2D eigenvalue weighted by molar-refractivity contribution is 5.71. The van der Waals surface area contributed by atoms with Gasteiger partial charge in [-0.3, -0.25) is 14.4 Å². The van der Waals surface area contributed by atoms with Crippen LogP contribution < -0.4 is 0 Å². The highest BCUT2D eigenvalue weighted by Crippen LogP contribution is 2.13. The lowest BCUT2D eigenvalue weighted by Crippen LogP contribution is -2.30. The summed E-state index contributed by atoms with van der Waals surface area (Å²) in [6.45, 7) is 6.47. The lowest BCUT2D eigenvalue weighted by Gasteiger charge is -2.18. The molecule has 0 fully saturated rings. The van der Waals surface area contributed by atoms with Crippen LogP contribution in [0.15, 0.2) is 12.2 Å². The van der Waals surface area contributed by atoms with Crippen LogP contribution in [0.4, 0.5) is 0 Å². The molecule has 0 rings (SSSR count). The van der Waals surface area contributed by atoms with E-state index < -0.39 is 6.10 Å². The molecule has 0 aromatic heterocycles. The van der Waals surface area contributed by atoms with E-state index in [1.807, 2.05) is 0 Å². The van der Waals surface area contributed by atoms with Gasteiger partial charge in [0, 0.05) is 19.3 Å². The van der Waals surface area contributed by atoms with Gasteiger partial charge in [0.1, 0.15) is 13.2 Å². The summed E-state index contributed by atoms with van der Waals surface area (Å²) in [6, 6.07) is 0. The van der Waals surface area contributed by atoms with Crippen molar-refractivity contribution in [2.75, 3.05) is 13.2 Å². The summed E-state index contributed by atoms with van der Waals surface area (Å²) in [4.78, 5) is 37.0. The lowest BCUT2D eigenvalue weighted by atomic mass is 10.1. The van der Waals surface area contributed by atoms with Crippen molar-refractivity contribution < 1.29 is 28.6 Å². The van der Waals surface area contributed by atoms with Crippen LogP contribution in [0.5, 0.6) is 0 Å². The van der Waals surface area contributed by atoms with E-state index >= 15 is 0 Å². The summed E-state index contributed by atoms with van der Waals surface area (Å²) in [5.74, 6) is -0.900. The van der Waals surface area contributed by atoms with E-state index in [4.69, 9.17) is 14.2 Å². The number of rotatable bonds is 35. The molecule has 46 heavy (non-hydrogen) atoms. The zero-order chi connectivity index (χ0) is 33.8. The van der Waals surface area contributed by atoms with Gasteiger partial charge in [0.2, 0.25) is 0 Å². The van der Waals surface area contributed by atoms with Gasteiger partial charge in [-0.15, -0.1) is 0 Å². The zero-order valence-electron chi connectivity index (χ0n) is 30.6. The molecule has 270 valence electrons. The average Bonchev–Trinajstić information content (AvgIpc) is 3.05. The topological polar surface area (TPSA) is 78.9 Å². The van der Waals surface area contributed by atoms with Crippen molar-refractivity contribution in [1.29, 1.82) is 0 Å². The second-order valence-electron chi connectivity index (χ2n) is 13.2. The second-order valence-corrected chi connectivity index (χ2v) is 13.2. The smallest absolute Gasteiger partial charge is 0.306 e. The first kappa shape index (κ1) is 44.1. The van der Waals surface area contributed by atoms with Gasteiger partial charge in [-0.1, -0.05) is 155 Å². The van der Waals surface area contributed by atoms with Crippen molar-refractivity contribution in [3.05, 3.63) is 12.2 Å². The molecule has 0 N–H and O–H groups in total. The van der Waals surface area contributed by atoms with E-state index in [1.54, 1.807) is 0 Å². The number of ether oxygens (including phenoxy) is 3. The van der Waals surface area contributed by atoms with E-state index in [-0.39, 0.29) is 31.1 Å². The quantitative estimate of drug-likeness (QED) is 0.0294. The summed E-state index contributed by atoms with van der Waals surface area (Å²) in [7, 11) is 0. The molecule has 6 heteroatoms. The van der Waals surface area contributed by atoms with Crippen LogP contribution in [0.25, 0.3) is 0 Å². The number of carbonyl (C=O) groups is 3. The summed E-state index contributed by atoms with van der Waals surface area (Å²) < 4.78 is 16.4. The third kappa shape index (κ3) is 33.5. The Labute approximate surface area is 284 Å². The van der Waals surface area contributed by atoms with Gasteiger partial charge in [-0.25, -0.2) is 0 Å². The fourth-order valence-electron chi connectivity index (χ4n) is 5.49. The van der Waals surface area contributed by atoms with Crippen molar-refractivity contribution in [2.45, 2.75) is 213 Å². The van der Waals surface area contributed by atoms with Crippen molar-refractivity contribution in [2.24, 2.45) is 0 Å². The number of unbranched alkanes of at least 4 members (excludes halogenated alkanes) is 22. The zero-order valence-corrected chi connectivity index (χ0v) is 30.6. The van der Waals surface area contributed by atoms with Gasteiger partial charge in [0.25, 0.3) is 0 Å². The predicted molar refractivity (Wildman–Crippen MR) is 192 cm³/mol. The Morgan fingerprint density at radius 1 is 0.413 bits per heavy atom. The number of carbonyl (C=O) groups excluding carboxylic acids is 3. The molecule has 0 aliphatic heterocycles. The third-order valence-corrected chi connectivity index (χ3v) is 8.52. The maximum absolute atomic E-state index is 12.4. The molecule has 0 aromatic carbocycles. The van der Waals surface area contributed by atoms with Crippen LogP contribution in [0.1, 0.15) is 207 Å². The SMILES string of the molecule is CCCCCCCC/C=C\CCCCCCCCCC(=O)OCC(COC(=O)CCCCCCC)OC(=O)CCCCCCCC. The molecule has 0 aliphatic rings. The van der Waals surface area contributed by atoms with Gasteiger partial charge < -0.3 is 14.2 Å². The number of hydrogen-bond acceptors (Lipinski definition) is 6. The van der Waals surface area contributed by atoms with Crippen molar-refractivity contribution in [3.63, 3.8) is 0 Å². The second kappa shape index (κ2) is 36.0. The molecule has 1 atom stereocenters. The Morgan fingerprint density at radius 3 is 1.09 bits per heavy atom. The first-order valence-electron chi connectivity index (χ1n) is 19.7. The van der Waals surface area contributed by atoms with E-state index in [2.05, 4.69) is 32.9 Å². The molecule has 0 spiro atoms. The molecular formula is C40H74O6. The molecule has 0 amide bonds. The highest BCUT2D eigenvalue weighted by atomic mass is 16.6. The molecule has 6 nitrogen and oxygen atoms in total. The molecular weight excluding hydrogens is 576 g/mol. The predicted octanol–water partition coefficient (Wildman–Crippen LogP) is 11.9. The molecule has 0 bridgehead atoms. The average molecular weight is 651 g/mol. The standard InChI is InChI=1S/C40H74O6/c1-4-7-10-13-15-16-17-18-19-20-21-22-23-24-25-28-30-33-39(42)45-36-37(35-44-38(41)32-29-26-12-9-6-3)46-40(43)34-31-27-14-11-8-5-2/h18-19,37H,4-17,20-36H2,1-3H3/b19-18-. The third-order valence-electron chi connectivity index (χ3n) is 8.52. The van der Waals surface area contributed by atoms with Crippen molar-refractivity contribution in [3.8, 4) is 0 Å². The summed E-state index contributed by atoms with van der Waals surface area (Å²) >= 11 is 0. The Morgan fingerprint density at radius 2 is 0.717 bits per heavy atom. The molecule has 0 saturated heterocycles. The molecule has 0 saturated carbocycles. The molecule has 0 radical (unpaired) electrons. The minimum atomic E-state index is -0.758. The Bertz CT molecular complexity index is 719. The van der Waals surface area contributed by atoms with Gasteiger partial charge >= 0.3 is 17.9 Å². The number of esters is 3. The highest BCUT2D eigenvalue weighted by Gasteiger charge is 2.19. The summed E-state index contributed by atoms with van der Waals surface area (Å²) in [5.41, 5.74) is 0. The van der Waals surface area contributed by atoms with Gasteiger partial charge in [-0.2, -0.15) is 0 Å². The van der Waals surface area contributed by atoms with Crippen LogP contribution in [0.3, 0.4) is 0 Å². The Balaban J connectivity index is 4.11. The van der Waals surface area contributed by atoms with Gasteiger partial charge in [0.05, 0.1) is 0 Å². The summed E-state index contributed by atoms with van der Waals surface area (Å²) in [6.07, 6.45) is 35.3. The monoisotopic (exact) mass is 651 g/mol. The lowest BCUT2D eigenvalue weighted by molar-refractivity contribution is -0.167. The van der Waals surface area contributed by atoms with E-state index in [1.165, 1.54) is 103 Å². The minimum absolute atomic E-state index is 0.0712. The maximum Gasteiger partial charge on any atom is 0.306 e. The Kier molecular flexibility index (Phi) is 34.5. The van der Waals surface area contributed by atoms with Crippen LogP contribution >= 0.6 is 0 Å². The normalized spacial score (nSPS) is 12.0. The minimum Gasteiger partial charge on any atom is -0.462 e.